The van der Waals surface area contributed by atoms with Crippen molar-refractivity contribution in [1.29, 1.82) is 0 Å². The normalized spacial score (nSPS) is 19.3. The molecule has 0 bridgehead atoms. The summed E-state index contributed by atoms with van der Waals surface area (Å²) >= 11 is 1.62. The number of aryl methyl sites for hydroxylation is 1. The summed E-state index contributed by atoms with van der Waals surface area (Å²) in [5, 5.41) is 8.38. The standard InChI is InChI=1S/C34H35F3N6O2S/c1-21(2)29-15-4-22(3)18-30(29)42-16-17-46-33(42)40-32(44)39-26-10-9-25(19-26)23-5-7-24(8-6-23)31-38-20-43(41-31)27-11-13-28(14-12-27)45-34(35,36)37/h4-8,11-15,18,20-21,25-26H,9-10,16-17,19H2,1-3H3,(H,39,44). The highest BCUT2D eigenvalue weighted by Gasteiger charge is 2.31. The number of rotatable bonds is 7. The summed E-state index contributed by atoms with van der Waals surface area (Å²) in [5.74, 6) is 1.77. The van der Waals surface area contributed by atoms with Crippen LogP contribution in [0.25, 0.3) is 17.1 Å². The molecule has 0 radical (unpaired) electrons. The lowest BCUT2D eigenvalue weighted by molar-refractivity contribution is -0.274. The number of halogens is 3. The van der Waals surface area contributed by atoms with Crippen LogP contribution in [0, 0.1) is 6.92 Å². The third-order valence-corrected chi connectivity index (χ3v) is 9.26. The Balaban J connectivity index is 1.06. The van der Waals surface area contributed by atoms with Gasteiger partial charge in [0.25, 0.3) is 0 Å². The first-order chi connectivity index (χ1) is 22.0. The lowest BCUT2D eigenvalue weighted by Crippen LogP contribution is -2.33. The van der Waals surface area contributed by atoms with Crippen LogP contribution < -0.4 is 15.0 Å². The number of thioether (sulfide) groups is 1. The molecular formula is C34H35F3N6O2S. The first-order valence-corrected chi connectivity index (χ1v) is 16.3. The fourth-order valence-corrected chi connectivity index (χ4v) is 6.98. The fraction of sp³-hybridized carbons (Fsp3) is 0.353. The molecule has 240 valence electrons. The molecule has 8 nitrogen and oxygen atoms in total. The number of benzene rings is 3. The summed E-state index contributed by atoms with van der Waals surface area (Å²) in [5.41, 5.74) is 6.14. The van der Waals surface area contributed by atoms with Crippen LogP contribution >= 0.6 is 11.8 Å². The van der Waals surface area contributed by atoms with Crippen molar-refractivity contribution in [3.8, 4) is 22.8 Å². The highest BCUT2D eigenvalue weighted by molar-refractivity contribution is 8.14. The van der Waals surface area contributed by atoms with Crippen LogP contribution in [-0.4, -0.2) is 50.7 Å². The molecule has 12 heteroatoms. The van der Waals surface area contributed by atoms with Crippen LogP contribution in [0.5, 0.6) is 5.75 Å². The van der Waals surface area contributed by atoms with E-state index in [4.69, 9.17) is 0 Å². The number of carbonyl (C=O) groups excluding carboxylic acids is 1. The fourth-order valence-electron chi connectivity index (χ4n) is 6.03. The molecule has 2 unspecified atom stereocenters. The zero-order valence-electron chi connectivity index (χ0n) is 25.8. The predicted molar refractivity (Wildman–Crippen MR) is 175 cm³/mol. The predicted octanol–water partition coefficient (Wildman–Crippen LogP) is 8.22. The third-order valence-electron chi connectivity index (χ3n) is 8.30. The molecule has 2 amide bonds. The van der Waals surface area contributed by atoms with Gasteiger partial charge in [-0.2, -0.15) is 4.99 Å². The van der Waals surface area contributed by atoms with Crippen LogP contribution in [-0.2, 0) is 0 Å². The Morgan fingerprint density at radius 2 is 1.83 bits per heavy atom. The molecule has 0 spiro atoms. The van der Waals surface area contributed by atoms with Gasteiger partial charge in [-0.25, -0.2) is 14.5 Å². The van der Waals surface area contributed by atoms with E-state index in [2.05, 4.69) is 81.1 Å². The summed E-state index contributed by atoms with van der Waals surface area (Å²) in [6.45, 7) is 7.27. The van der Waals surface area contributed by atoms with Gasteiger partial charge in [0, 0.05) is 29.6 Å². The molecule has 4 aromatic rings. The van der Waals surface area contributed by atoms with Crippen LogP contribution in [0.3, 0.4) is 0 Å². The lowest BCUT2D eigenvalue weighted by atomic mass is 9.96. The summed E-state index contributed by atoms with van der Waals surface area (Å²) in [7, 11) is 0. The van der Waals surface area contributed by atoms with Gasteiger partial charge in [-0.05, 0) is 85.0 Å². The van der Waals surface area contributed by atoms with Gasteiger partial charge in [0.05, 0.1) is 5.69 Å². The topological polar surface area (TPSA) is 84.6 Å². The van der Waals surface area contributed by atoms with E-state index in [0.29, 0.717) is 23.3 Å². The van der Waals surface area contributed by atoms with E-state index in [9.17, 15) is 18.0 Å². The Morgan fingerprint density at radius 3 is 2.54 bits per heavy atom. The molecule has 1 saturated carbocycles. The van der Waals surface area contributed by atoms with Gasteiger partial charge in [-0.3, -0.25) is 0 Å². The second-order valence-electron chi connectivity index (χ2n) is 11.9. The molecule has 2 heterocycles. The first-order valence-electron chi connectivity index (χ1n) is 15.3. The van der Waals surface area contributed by atoms with Gasteiger partial charge in [0.15, 0.2) is 11.0 Å². The zero-order valence-corrected chi connectivity index (χ0v) is 26.6. The summed E-state index contributed by atoms with van der Waals surface area (Å²) < 4.78 is 42.8. The molecule has 2 fully saturated rings. The second kappa shape index (κ2) is 13.2. The number of alkyl halides is 3. The number of hydrogen-bond acceptors (Lipinski definition) is 5. The zero-order chi connectivity index (χ0) is 32.4. The van der Waals surface area contributed by atoms with Crippen molar-refractivity contribution in [2.45, 2.75) is 64.3 Å². The molecule has 2 aliphatic rings. The minimum atomic E-state index is -4.74. The molecule has 1 N–H and O–H groups in total. The van der Waals surface area contributed by atoms with Crippen molar-refractivity contribution in [3.05, 3.63) is 89.7 Å². The Bertz CT molecular complexity index is 1720. The maximum atomic E-state index is 13.0. The number of amidine groups is 1. The highest BCUT2D eigenvalue weighted by atomic mass is 32.2. The number of amides is 2. The summed E-state index contributed by atoms with van der Waals surface area (Å²) in [6.07, 6.45) is -0.544. The van der Waals surface area contributed by atoms with Crippen molar-refractivity contribution in [2.24, 2.45) is 4.99 Å². The van der Waals surface area contributed by atoms with Crippen molar-refractivity contribution < 1.29 is 22.7 Å². The van der Waals surface area contributed by atoms with E-state index in [1.165, 1.54) is 52.0 Å². The number of aromatic nitrogens is 3. The maximum Gasteiger partial charge on any atom is 0.573 e. The molecule has 46 heavy (non-hydrogen) atoms. The molecule has 6 rings (SSSR count). The van der Waals surface area contributed by atoms with E-state index in [1.54, 1.807) is 11.8 Å². The van der Waals surface area contributed by atoms with E-state index >= 15 is 0 Å². The minimum absolute atomic E-state index is 0.0526. The number of anilines is 1. The quantitative estimate of drug-likeness (QED) is 0.217. The van der Waals surface area contributed by atoms with Crippen molar-refractivity contribution in [2.75, 3.05) is 17.2 Å². The number of carbonyl (C=O) groups is 1. The maximum absolute atomic E-state index is 13.0. The lowest BCUT2D eigenvalue weighted by Gasteiger charge is -2.24. The Morgan fingerprint density at radius 1 is 1.07 bits per heavy atom. The van der Waals surface area contributed by atoms with Crippen molar-refractivity contribution in [3.63, 3.8) is 0 Å². The van der Waals surface area contributed by atoms with Gasteiger partial charge in [0.1, 0.15) is 12.1 Å². The molecule has 2 atom stereocenters. The number of aliphatic imine (C=N–C) groups is 1. The van der Waals surface area contributed by atoms with Crippen LogP contribution in [0.2, 0.25) is 0 Å². The van der Waals surface area contributed by atoms with Gasteiger partial charge in [0.2, 0.25) is 0 Å². The molecule has 3 aromatic carbocycles. The molecule has 1 saturated heterocycles. The monoisotopic (exact) mass is 648 g/mol. The van der Waals surface area contributed by atoms with Gasteiger partial charge < -0.3 is 15.0 Å². The van der Waals surface area contributed by atoms with E-state index in [0.717, 1.165) is 48.0 Å². The highest BCUT2D eigenvalue weighted by Crippen LogP contribution is 2.36. The molecular weight excluding hydrogens is 613 g/mol. The number of ether oxygens (including phenoxy) is 1. The van der Waals surface area contributed by atoms with Crippen molar-refractivity contribution in [1.82, 2.24) is 20.1 Å². The number of urea groups is 1. The first kappa shape index (κ1) is 31.7. The Hall–Kier alpha value is -4.32. The largest absolute Gasteiger partial charge is 0.573 e. The van der Waals surface area contributed by atoms with Crippen LogP contribution in [0.4, 0.5) is 23.7 Å². The van der Waals surface area contributed by atoms with Crippen LogP contribution in [0.1, 0.15) is 61.6 Å². The summed E-state index contributed by atoms with van der Waals surface area (Å²) in [4.78, 5) is 24.1. The average Bonchev–Trinajstić information content (AvgIpc) is 3.78. The number of nitrogens with zero attached hydrogens (tertiary/aromatic N) is 5. The van der Waals surface area contributed by atoms with Gasteiger partial charge >= 0.3 is 12.4 Å². The van der Waals surface area contributed by atoms with Gasteiger partial charge in [-0.15, -0.1) is 18.3 Å². The molecule has 1 aromatic heterocycles. The second-order valence-corrected chi connectivity index (χ2v) is 13.0. The SMILES string of the molecule is Cc1ccc(C(C)C)c(N2CCSC2=NC(=O)NC2CCC(c3ccc(-c4ncn(-c5ccc(OC(F)(F)F)cc5)n4)cc3)C2)c1. The van der Waals surface area contributed by atoms with Gasteiger partial charge in [-0.1, -0.05) is 62.0 Å². The molecule has 1 aliphatic heterocycles. The van der Waals surface area contributed by atoms with E-state index < -0.39 is 6.36 Å². The van der Waals surface area contributed by atoms with E-state index in [1.807, 2.05) is 12.1 Å². The summed E-state index contributed by atoms with van der Waals surface area (Å²) in [6, 6.07) is 19.8. The van der Waals surface area contributed by atoms with Crippen molar-refractivity contribution >= 4 is 28.6 Å². The Labute approximate surface area is 270 Å². The average molecular weight is 649 g/mol. The number of hydrogen-bond donors (Lipinski definition) is 1. The Kier molecular flexibility index (Phi) is 9.08. The number of nitrogens with one attached hydrogen (secondary N) is 1. The third kappa shape index (κ3) is 7.38. The van der Waals surface area contributed by atoms with Crippen LogP contribution in [0.15, 0.2) is 78.0 Å². The smallest absolute Gasteiger partial charge is 0.406 e. The molecule has 1 aliphatic carbocycles. The minimum Gasteiger partial charge on any atom is -0.406 e. The van der Waals surface area contributed by atoms with E-state index in [-0.39, 0.29) is 17.8 Å².